The van der Waals surface area contributed by atoms with Crippen LogP contribution in [0.5, 0.6) is 0 Å². The summed E-state index contributed by atoms with van der Waals surface area (Å²) in [6.07, 6.45) is 0. The van der Waals surface area contributed by atoms with Crippen molar-refractivity contribution in [1.82, 2.24) is 9.78 Å². The summed E-state index contributed by atoms with van der Waals surface area (Å²) < 4.78 is 26.4. The van der Waals surface area contributed by atoms with Crippen LogP contribution in [-0.4, -0.2) is 24.1 Å². The van der Waals surface area contributed by atoms with E-state index in [0.29, 0.717) is 22.6 Å². The molecule has 1 aliphatic rings. The van der Waals surface area contributed by atoms with Gasteiger partial charge in [-0.2, -0.15) is 5.10 Å². The molecule has 0 atom stereocenters. The number of aromatic nitrogens is 2. The van der Waals surface area contributed by atoms with Gasteiger partial charge in [-0.3, -0.25) is 4.79 Å². The van der Waals surface area contributed by atoms with Crippen LogP contribution in [0.2, 0.25) is 0 Å². The van der Waals surface area contributed by atoms with Crippen LogP contribution in [0.15, 0.2) is 53.0 Å². The molecule has 2 aromatic carbocycles. The maximum Gasteiger partial charge on any atom is 0.256 e. The number of aryl methyl sites for hydroxylation is 1. The van der Waals surface area contributed by atoms with Crippen molar-refractivity contribution in [3.63, 3.8) is 0 Å². The van der Waals surface area contributed by atoms with Gasteiger partial charge in [-0.1, -0.05) is 39.7 Å². The molecule has 6 nitrogen and oxygen atoms in total. The minimum absolute atomic E-state index is 0.110. The van der Waals surface area contributed by atoms with E-state index in [0.717, 1.165) is 15.7 Å². The van der Waals surface area contributed by atoms with Crippen molar-refractivity contribution in [2.45, 2.75) is 18.4 Å². The molecule has 3 aromatic rings. The second-order valence-corrected chi connectivity index (χ2v) is 9.50. The van der Waals surface area contributed by atoms with Crippen LogP contribution in [0.25, 0.3) is 5.69 Å². The first-order chi connectivity index (χ1) is 12.8. The molecule has 1 amide bonds. The highest BCUT2D eigenvalue weighted by Gasteiger charge is 2.33. The summed E-state index contributed by atoms with van der Waals surface area (Å²) in [6.45, 7) is 1.98. The van der Waals surface area contributed by atoms with Crippen molar-refractivity contribution in [3.05, 3.63) is 75.4 Å². The van der Waals surface area contributed by atoms with Gasteiger partial charge in [-0.15, -0.1) is 0 Å². The summed E-state index contributed by atoms with van der Waals surface area (Å²) in [5, 5.41) is 7.33. The molecule has 1 N–H and O–H groups in total. The molecule has 1 aromatic heterocycles. The molecule has 27 heavy (non-hydrogen) atoms. The lowest BCUT2D eigenvalue weighted by Crippen LogP contribution is -2.17. The minimum atomic E-state index is -3.23. The predicted molar refractivity (Wildman–Crippen MR) is 107 cm³/mol. The van der Waals surface area contributed by atoms with Crippen LogP contribution in [0, 0.1) is 6.92 Å². The second-order valence-electron chi connectivity index (χ2n) is 6.52. The lowest BCUT2D eigenvalue weighted by atomic mass is 10.2. The Kier molecular flexibility index (Phi) is 4.39. The number of benzene rings is 2. The molecule has 0 spiro atoms. The summed E-state index contributed by atoms with van der Waals surface area (Å²) in [5.74, 6) is -0.153. The molecule has 0 saturated heterocycles. The Balaban J connectivity index is 1.78. The number of anilines is 1. The highest BCUT2D eigenvalue weighted by molar-refractivity contribution is 9.10. The van der Waals surface area contributed by atoms with Crippen molar-refractivity contribution >= 4 is 37.5 Å². The van der Waals surface area contributed by atoms with E-state index in [1.807, 2.05) is 37.3 Å². The highest BCUT2D eigenvalue weighted by atomic mass is 79.9. The fraction of sp³-hybridized carbons (Fsp3) is 0.158. The lowest BCUT2D eigenvalue weighted by molar-refractivity contribution is 0.102. The van der Waals surface area contributed by atoms with E-state index in [4.69, 9.17) is 0 Å². The van der Waals surface area contributed by atoms with Gasteiger partial charge in [-0.25, -0.2) is 13.1 Å². The lowest BCUT2D eigenvalue weighted by Gasteiger charge is -2.11. The number of rotatable bonds is 3. The molecule has 138 valence electrons. The molecular weight excluding hydrogens is 430 g/mol. The van der Waals surface area contributed by atoms with Gasteiger partial charge < -0.3 is 5.32 Å². The fourth-order valence-corrected chi connectivity index (χ4v) is 4.95. The number of nitrogens with zero attached hydrogens (tertiary/aromatic N) is 2. The largest absolute Gasteiger partial charge is 0.306 e. The molecule has 0 fully saturated rings. The van der Waals surface area contributed by atoms with Crippen molar-refractivity contribution < 1.29 is 13.2 Å². The summed E-state index contributed by atoms with van der Waals surface area (Å²) in [5.41, 5.74) is 3.37. The van der Waals surface area contributed by atoms with Gasteiger partial charge in [0.05, 0.1) is 22.9 Å². The number of amides is 1. The maximum atomic E-state index is 12.7. The van der Waals surface area contributed by atoms with E-state index >= 15 is 0 Å². The van der Waals surface area contributed by atoms with Gasteiger partial charge in [0.15, 0.2) is 9.84 Å². The quantitative estimate of drug-likeness (QED) is 0.667. The number of fused-ring (bicyclic) bond motifs is 1. The summed E-state index contributed by atoms with van der Waals surface area (Å²) >= 11 is 3.35. The van der Waals surface area contributed by atoms with Crippen LogP contribution in [0.4, 0.5) is 5.82 Å². The van der Waals surface area contributed by atoms with Gasteiger partial charge in [0.25, 0.3) is 5.91 Å². The minimum Gasteiger partial charge on any atom is -0.306 e. The van der Waals surface area contributed by atoms with Crippen LogP contribution in [0.3, 0.4) is 0 Å². The monoisotopic (exact) mass is 445 g/mol. The standard InChI is InChI=1S/C19H16BrN3O3S/c1-12-5-7-15(8-6-12)23-18(16-10-27(25,26)11-17(16)22-23)21-19(24)13-3-2-4-14(20)9-13/h2-9H,10-11H2,1H3,(H,21,24). The van der Waals surface area contributed by atoms with Crippen molar-refractivity contribution in [3.8, 4) is 5.69 Å². The van der Waals surface area contributed by atoms with Crippen LogP contribution < -0.4 is 5.32 Å². The van der Waals surface area contributed by atoms with Crippen LogP contribution >= 0.6 is 15.9 Å². The topological polar surface area (TPSA) is 81.1 Å². The van der Waals surface area contributed by atoms with E-state index in [9.17, 15) is 13.2 Å². The van der Waals surface area contributed by atoms with Crippen molar-refractivity contribution in [2.24, 2.45) is 0 Å². The molecule has 0 bridgehead atoms. The first kappa shape index (κ1) is 17.9. The Labute approximate surface area is 165 Å². The van der Waals surface area contributed by atoms with Crippen molar-refractivity contribution in [2.75, 3.05) is 5.32 Å². The molecule has 0 unspecified atom stereocenters. The smallest absolute Gasteiger partial charge is 0.256 e. The Morgan fingerprint density at radius 1 is 1.15 bits per heavy atom. The predicted octanol–water partition coefficient (Wildman–Crippen LogP) is 3.62. The molecule has 8 heteroatoms. The zero-order valence-electron chi connectivity index (χ0n) is 14.4. The van der Waals surface area contributed by atoms with Crippen LogP contribution in [-0.2, 0) is 21.3 Å². The van der Waals surface area contributed by atoms with E-state index in [1.54, 1.807) is 22.9 Å². The third-order valence-corrected chi connectivity index (χ3v) is 6.32. The van der Waals surface area contributed by atoms with Gasteiger partial charge >= 0.3 is 0 Å². The number of sulfone groups is 1. The maximum absolute atomic E-state index is 12.7. The Bertz CT molecular complexity index is 1150. The van der Waals surface area contributed by atoms with Gasteiger partial charge in [0, 0.05) is 15.6 Å². The Hall–Kier alpha value is -2.45. The number of carbonyl (C=O) groups is 1. The van der Waals surface area contributed by atoms with Crippen molar-refractivity contribution in [1.29, 1.82) is 0 Å². The second kappa shape index (κ2) is 6.61. The van der Waals surface area contributed by atoms with Gasteiger partial charge in [-0.05, 0) is 37.3 Å². The van der Waals surface area contributed by atoms with E-state index in [2.05, 4.69) is 26.3 Å². The van der Waals surface area contributed by atoms with Gasteiger partial charge in [0.1, 0.15) is 5.82 Å². The summed E-state index contributed by atoms with van der Waals surface area (Å²) in [6, 6.07) is 14.7. The SMILES string of the molecule is Cc1ccc(-n2nc3c(c2NC(=O)c2cccc(Br)c2)CS(=O)(=O)C3)cc1. The molecular formula is C19H16BrN3O3S. The molecule has 1 aliphatic heterocycles. The average Bonchev–Trinajstić information content (AvgIpc) is 3.08. The molecule has 0 saturated carbocycles. The highest BCUT2D eigenvalue weighted by Crippen LogP contribution is 2.33. The Morgan fingerprint density at radius 2 is 1.89 bits per heavy atom. The zero-order valence-corrected chi connectivity index (χ0v) is 16.8. The van der Waals surface area contributed by atoms with E-state index < -0.39 is 9.84 Å². The average molecular weight is 446 g/mol. The molecule has 0 radical (unpaired) electrons. The number of halogens is 1. The third-order valence-electron chi connectivity index (χ3n) is 4.38. The summed E-state index contributed by atoms with van der Waals surface area (Å²) in [4.78, 5) is 12.7. The van der Waals surface area contributed by atoms with E-state index in [1.165, 1.54) is 0 Å². The van der Waals surface area contributed by atoms with Crippen LogP contribution in [0.1, 0.15) is 27.2 Å². The van der Waals surface area contributed by atoms with E-state index in [-0.39, 0.29) is 17.4 Å². The number of hydrogen-bond donors (Lipinski definition) is 1. The first-order valence-corrected chi connectivity index (χ1v) is 10.9. The number of nitrogens with one attached hydrogen (secondary N) is 1. The number of hydrogen-bond acceptors (Lipinski definition) is 4. The number of carbonyl (C=O) groups excluding carboxylic acids is 1. The van der Waals surface area contributed by atoms with Gasteiger partial charge in [0.2, 0.25) is 0 Å². The fourth-order valence-electron chi connectivity index (χ4n) is 3.05. The summed E-state index contributed by atoms with van der Waals surface area (Å²) in [7, 11) is -3.23. The first-order valence-electron chi connectivity index (χ1n) is 8.27. The Morgan fingerprint density at radius 3 is 2.59 bits per heavy atom. The molecule has 0 aliphatic carbocycles. The molecule has 2 heterocycles. The normalized spacial score (nSPS) is 14.7. The molecule has 4 rings (SSSR count). The zero-order chi connectivity index (χ0) is 19.2. The third kappa shape index (κ3) is 3.54.